The molecule has 14 nitrogen and oxygen atoms in total. The number of benzene rings is 7. The zero-order chi connectivity index (χ0) is 70.9. The summed E-state index contributed by atoms with van der Waals surface area (Å²) < 4.78 is 39.6. The molecule has 5 atom stereocenters. The predicted molar refractivity (Wildman–Crippen MR) is 407 cm³/mol. The largest absolute Gasteiger partial charge is 2.00 e. The number of rotatable bonds is 26. The van der Waals surface area contributed by atoms with E-state index in [4.69, 9.17) is 8.85 Å². The van der Waals surface area contributed by atoms with E-state index in [2.05, 4.69) is 153 Å². The molecule has 2 fully saturated rings. The van der Waals surface area contributed by atoms with Crippen LogP contribution in [-0.4, -0.2) is 187 Å². The van der Waals surface area contributed by atoms with Crippen LogP contribution in [-0.2, 0) is 21.9 Å². The molecule has 20 heteroatoms. The Morgan fingerprint density at radius 2 is 1.00 bits per heavy atom. The summed E-state index contributed by atoms with van der Waals surface area (Å²) in [6, 6.07) is 68.1. The molecule has 2 amide bonds. The van der Waals surface area contributed by atoms with Gasteiger partial charge < -0.3 is 36.4 Å². The number of hydrogen-bond donors (Lipinski definition) is 2. The second-order valence-corrected chi connectivity index (χ2v) is 35.2. The topological polar surface area (TPSA) is 139 Å². The van der Waals surface area contributed by atoms with Crippen molar-refractivity contribution in [2.45, 2.75) is 163 Å². The summed E-state index contributed by atoms with van der Waals surface area (Å²) in [5, 5.41) is 13.7. The molecule has 3 heterocycles. The molecule has 8 aromatic rings. The van der Waals surface area contributed by atoms with Crippen LogP contribution in [0.25, 0.3) is 11.0 Å². The van der Waals surface area contributed by atoms with Crippen molar-refractivity contribution < 1.29 is 44.4 Å². The predicted octanol–water partition coefficient (Wildman–Crippen LogP) is 13.1. The molecule has 0 aliphatic carbocycles. The van der Waals surface area contributed by atoms with Gasteiger partial charge in [-0.15, -0.1) is 0 Å². The number of hydrogen-bond acceptors (Lipinski definition) is 11. The zero-order valence-corrected chi connectivity index (χ0v) is 65.7. The summed E-state index contributed by atoms with van der Waals surface area (Å²) in [6.45, 7) is 35.4. The smallest absolute Gasteiger partial charge is 1.00 e. The van der Waals surface area contributed by atoms with Gasteiger partial charge >= 0.3 is 23.1 Å². The van der Waals surface area contributed by atoms with Gasteiger partial charge in [-0.1, -0.05) is 133 Å². The number of fused-ring (bicyclic) bond motifs is 1. The molecule has 10 rings (SSSR count). The Balaban J connectivity index is 0.000000312. The quantitative estimate of drug-likeness (QED) is 0.0304. The van der Waals surface area contributed by atoms with Crippen LogP contribution in [0.15, 0.2) is 182 Å². The van der Waals surface area contributed by atoms with E-state index in [9.17, 15) is 23.2 Å². The number of halogens is 3. The molecular weight excluding hydrogens is 1320 g/mol. The van der Waals surface area contributed by atoms with E-state index in [0.717, 1.165) is 104 Å². The first-order valence-electron chi connectivity index (χ1n) is 35.6. The minimum Gasteiger partial charge on any atom is -1.00 e. The summed E-state index contributed by atoms with van der Waals surface area (Å²) >= 11 is 0. The molecule has 2 N–H and O–H groups in total. The SMILES string of the molecule is CCN(CCO[Si](CC)(CC)CC)C(=O)c1ccc(C=O)cc1.CCN(CCO[Si](CC)(CC)CC)C(=O)c1ccc([C@H](c2ccccc2)N2C[C@@H](C)N(Cc3cccc(F)c3)C[C@@H]2C)cc1.C[C@@H]1CN[C@@H](C)CN1Cc1cccc(F)c1.[Cl-].[Mg+2].[c-]1ccccc1.c1ccc2n[nH]nc2c1. The molecule has 7 aromatic carbocycles. The van der Waals surface area contributed by atoms with Crippen molar-refractivity contribution in [3.63, 3.8) is 0 Å². The Hall–Kier alpha value is -6.34. The summed E-state index contributed by atoms with van der Waals surface area (Å²) in [5.41, 5.74) is 8.23. The summed E-state index contributed by atoms with van der Waals surface area (Å²) in [5.74, 6) is -0.279. The Bertz CT molecular complexity index is 3490. The number of carbonyl (C=O) groups excluding carboxylic acids is 3. The number of nitrogens with zero attached hydrogens (tertiary/aromatic N) is 7. The second kappa shape index (κ2) is 45.6. The van der Waals surface area contributed by atoms with E-state index in [1.54, 1.807) is 53.4 Å². The number of piperazine rings is 2. The number of aromatic amines is 1. The van der Waals surface area contributed by atoms with Crippen molar-refractivity contribution in [1.82, 2.24) is 45.2 Å². The molecular formula is C80H110ClF2MgN9O5Si2. The van der Waals surface area contributed by atoms with Crippen molar-refractivity contribution in [2.24, 2.45) is 0 Å². The number of likely N-dealkylation sites (N-methyl/N-ethyl adjacent to an activating group) is 2. The van der Waals surface area contributed by atoms with Gasteiger partial charge in [-0.25, -0.2) is 8.78 Å². The molecule has 0 radical (unpaired) electrons. The van der Waals surface area contributed by atoms with Crippen LogP contribution >= 0.6 is 0 Å². The van der Waals surface area contributed by atoms with Crippen LogP contribution < -0.4 is 17.7 Å². The van der Waals surface area contributed by atoms with E-state index in [1.165, 1.54) is 23.3 Å². The Morgan fingerprint density at radius 3 is 1.42 bits per heavy atom. The standard InChI is InChI=1S/C37H52FN3O2Si.C18H29NO3Si.C13H19FN2.C6H5N3.C6H5.ClH.Mg/c1-7-39(23-24-43-44(8-2,9-3)10-4)37(42)34-21-19-33(20-22-34)36(32-16-12-11-13-17-32)41-27-29(5)40(26-30(41)6)28-31-15-14-18-35(38)25-31;1-5-19(13-14-22-23(6-2,7-3)8-4)18(21)17-11-9-16(15-20)10-12-17;1-10-8-16(11(2)7-15-10)9-12-4-3-5-13(14)6-12;1-2-4-6-5(3-1)7-9-8-6;1-2-4-6-5-3-1;;/h11-22,25,29-30,36H,7-10,23-24,26-28H2,1-6H3;9-12,15H,5-8,13-14H2,1-4H3;3-6,10-11,15H,7-9H2,1-2H3;1-4H,(H,7,8,9);1-5H;1H;/q;;;;-1;;+2/p-1/t29-,30+,36+;;10-,11+;;;;/m1.0..../s1. The first kappa shape index (κ1) is 86.1. The van der Waals surface area contributed by atoms with E-state index in [0.29, 0.717) is 74.2 Å². The maximum absolute atomic E-state index is 13.9. The van der Waals surface area contributed by atoms with Crippen LogP contribution in [0.4, 0.5) is 8.78 Å². The average Bonchev–Trinajstić information content (AvgIpc) is 0.856. The molecule has 2 saturated heterocycles. The van der Waals surface area contributed by atoms with Gasteiger partial charge in [-0.2, -0.15) is 51.8 Å². The van der Waals surface area contributed by atoms with Crippen LogP contribution in [0.5, 0.6) is 0 Å². The van der Waals surface area contributed by atoms with Gasteiger partial charge in [0.2, 0.25) is 0 Å². The Labute approximate surface area is 621 Å². The van der Waals surface area contributed by atoms with E-state index >= 15 is 0 Å². The molecule has 2 aliphatic heterocycles. The Morgan fingerprint density at radius 1 is 0.560 bits per heavy atom. The van der Waals surface area contributed by atoms with Gasteiger partial charge in [0.25, 0.3) is 11.8 Å². The van der Waals surface area contributed by atoms with E-state index in [-0.39, 0.29) is 71.0 Å². The van der Waals surface area contributed by atoms with Gasteiger partial charge in [0.15, 0.2) is 16.6 Å². The van der Waals surface area contributed by atoms with Gasteiger partial charge in [0.1, 0.15) is 29.0 Å². The molecule has 0 saturated carbocycles. The van der Waals surface area contributed by atoms with Gasteiger partial charge in [-0.3, -0.25) is 29.1 Å². The number of aromatic nitrogens is 3. The fourth-order valence-electron chi connectivity index (χ4n) is 12.7. The molecule has 0 unspecified atom stereocenters. The monoisotopic (exact) mass is 1430 g/mol. The van der Waals surface area contributed by atoms with Gasteiger partial charge in [0.05, 0.1) is 19.3 Å². The number of carbonyl (C=O) groups is 3. The third kappa shape index (κ3) is 26.8. The number of amides is 2. The van der Waals surface area contributed by atoms with Crippen molar-refractivity contribution in [3.05, 3.63) is 239 Å². The molecule has 0 bridgehead atoms. The van der Waals surface area contributed by atoms with Crippen LogP contribution in [0.1, 0.15) is 142 Å². The maximum atomic E-state index is 13.9. The van der Waals surface area contributed by atoms with Crippen LogP contribution in [0.3, 0.4) is 0 Å². The van der Waals surface area contributed by atoms with Crippen molar-refractivity contribution >= 4 is 68.8 Å². The third-order valence-corrected chi connectivity index (χ3v) is 28.8. The zero-order valence-electron chi connectivity index (χ0n) is 61.5. The van der Waals surface area contributed by atoms with E-state index in [1.807, 2.05) is 97.6 Å². The van der Waals surface area contributed by atoms with Gasteiger partial charge in [-0.05, 0) is 161 Å². The van der Waals surface area contributed by atoms with Crippen molar-refractivity contribution in [1.29, 1.82) is 0 Å². The van der Waals surface area contributed by atoms with Crippen LogP contribution in [0.2, 0.25) is 36.3 Å². The number of para-hydroxylation sites is 2. The first-order chi connectivity index (χ1) is 47.4. The third-order valence-electron chi connectivity index (χ3n) is 19.4. The van der Waals surface area contributed by atoms with E-state index < -0.39 is 16.6 Å². The number of H-pyrrole nitrogens is 1. The summed E-state index contributed by atoms with van der Waals surface area (Å²) in [4.78, 5) is 47.9. The van der Waals surface area contributed by atoms with Gasteiger partial charge in [0, 0.05) is 106 Å². The van der Waals surface area contributed by atoms with Crippen molar-refractivity contribution in [2.75, 3.05) is 65.6 Å². The second-order valence-electron chi connectivity index (χ2n) is 25.7. The minimum absolute atomic E-state index is 0. The summed E-state index contributed by atoms with van der Waals surface area (Å²) in [7, 11) is -3.28. The minimum atomic E-state index is -1.68. The first-order valence-corrected chi connectivity index (χ1v) is 40.7. The van der Waals surface area contributed by atoms with Crippen LogP contribution in [0, 0.1) is 17.7 Å². The number of aldehydes is 1. The normalized spacial score (nSPS) is 16.5. The molecule has 0 spiro atoms. The molecule has 1 aromatic heterocycles. The molecule has 536 valence electrons. The fourth-order valence-corrected chi connectivity index (χ4v) is 18.0. The number of nitrogens with one attached hydrogen (secondary N) is 2. The fraction of sp³-hybridized carbons (Fsp3) is 0.438. The maximum Gasteiger partial charge on any atom is 2.00 e. The average molecular weight is 1430 g/mol. The van der Waals surface area contributed by atoms with Crippen molar-refractivity contribution in [3.8, 4) is 0 Å². The molecule has 2 aliphatic rings. The molecule has 100 heavy (non-hydrogen) atoms. The Kier molecular flexibility index (Phi) is 39.2. The summed E-state index contributed by atoms with van der Waals surface area (Å²) in [6.07, 6.45) is 0.782.